The summed E-state index contributed by atoms with van der Waals surface area (Å²) in [6.07, 6.45) is 15.8. The van der Waals surface area contributed by atoms with Crippen LogP contribution >= 0.6 is 0 Å². The Morgan fingerprint density at radius 3 is 2.04 bits per heavy atom. The van der Waals surface area contributed by atoms with Gasteiger partial charge in [0, 0.05) is 18.0 Å². The van der Waals surface area contributed by atoms with Crippen molar-refractivity contribution in [1.29, 1.82) is 0 Å². The van der Waals surface area contributed by atoms with Crippen molar-refractivity contribution in [3.05, 3.63) is 47.8 Å². The monoisotopic (exact) mass is 336 g/mol. The Morgan fingerprint density at radius 1 is 0.800 bits per heavy atom. The fraction of sp³-hybridized carbons (Fsp3) is 0.565. The number of hydrogen-bond acceptors (Lipinski definition) is 2. The van der Waals surface area contributed by atoms with Crippen LogP contribution in [-0.2, 0) is 12.8 Å². The van der Waals surface area contributed by atoms with Crippen molar-refractivity contribution in [1.82, 2.24) is 9.97 Å². The maximum Gasteiger partial charge on any atom is 0.159 e. The van der Waals surface area contributed by atoms with Gasteiger partial charge in [0.1, 0.15) is 0 Å². The Labute approximate surface area is 153 Å². The lowest BCUT2D eigenvalue weighted by molar-refractivity contribution is 0.259. The third-order valence-electron chi connectivity index (χ3n) is 5.84. The molecule has 1 fully saturated rings. The Morgan fingerprint density at radius 2 is 1.44 bits per heavy atom. The van der Waals surface area contributed by atoms with Crippen LogP contribution in [0.5, 0.6) is 0 Å². The Kier molecular flexibility index (Phi) is 6.61. The smallest absolute Gasteiger partial charge is 0.159 e. The van der Waals surface area contributed by atoms with Crippen molar-refractivity contribution in [2.75, 3.05) is 0 Å². The van der Waals surface area contributed by atoms with Crippen LogP contribution in [0.2, 0.25) is 0 Å². The highest BCUT2D eigenvalue weighted by molar-refractivity contribution is 5.55. The van der Waals surface area contributed by atoms with E-state index in [2.05, 4.69) is 48.1 Å². The van der Waals surface area contributed by atoms with Crippen LogP contribution in [0, 0.1) is 11.8 Å². The zero-order chi connectivity index (χ0) is 17.5. The lowest BCUT2D eigenvalue weighted by Gasteiger charge is -2.27. The summed E-state index contributed by atoms with van der Waals surface area (Å²) in [5.41, 5.74) is 3.79. The average molecular weight is 337 g/mol. The highest BCUT2D eigenvalue weighted by Gasteiger charge is 2.19. The third-order valence-corrected chi connectivity index (χ3v) is 5.84. The molecule has 0 saturated heterocycles. The Hall–Kier alpha value is -1.70. The van der Waals surface area contributed by atoms with E-state index in [1.54, 1.807) is 0 Å². The fourth-order valence-electron chi connectivity index (χ4n) is 4.04. The summed E-state index contributed by atoms with van der Waals surface area (Å²) in [6, 6.07) is 8.88. The number of aryl methyl sites for hydroxylation is 2. The zero-order valence-corrected chi connectivity index (χ0v) is 15.9. The molecule has 0 aliphatic heterocycles. The molecule has 1 aliphatic rings. The molecule has 2 nitrogen and oxygen atoms in total. The van der Waals surface area contributed by atoms with Gasteiger partial charge < -0.3 is 0 Å². The molecule has 0 N–H and O–H groups in total. The van der Waals surface area contributed by atoms with Crippen LogP contribution in [0.25, 0.3) is 11.4 Å². The molecule has 0 amide bonds. The van der Waals surface area contributed by atoms with Crippen molar-refractivity contribution < 1.29 is 0 Å². The van der Waals surface area contributed by atoms with E-state index in [0.29, 0.717) is 0 Å². The molecule has 0 bridgehead atoms. The molecule has 3 rings (SSSR count). The van der Waals surface area contributed by atoms with Crippen LogP contribution in [0.4, 0.5) is 0 Å². The van der Waals surface area contributed by atoms with E-state index in [1.165, 1.54) is 56.1 Å². The first-order valence-electron chi connectivity index (χ1n) is 10.2. The van der Waals surface area contributed by atoms with Crippen LogP contribution in [-0.4, -0.2) is 9.97 Å². The maximum atomic E-state index is 4.52. The minimum Gasteiger partial charge on any atom is -0.236 e. The molecular weight excluding hydrogens is 304 g/mol. The van der Waals surface area contributed by atoms with E-state index >= 15 is 0 Å². The van der Waals surface area contributed by atoms with Crippen LogP contribution in [0.15, 0.2) is 36.7 Å². The summed E-state index contributed by atoms with van der Waals surface area (Å²) in [6.45, 7) is 4.52. The highest BCUT2D eigenvalue weighted by Crippen LogP contribution is 2.33. The molecule has 25 heavy (non-hydrogen) atoms. The molecule has 1 aromatic carbocycles. The second kappa shape index (κ2) is 9.12. The summed E-state index contributed by atoms with van der Waals surface area (Å²) in [4.78, 5) is 9.04. The van der Waals surface area contributed by atoms with Gasteiger partial charge in [-0.15, -0.1) is 0 Å². The SMILES string of the molecule is CCCc1cnc(-c2ccc(CCC3CCC(CC)CC3)cc2)nc1. The molecule has 1 aliphatic carbocycles. The molecule has 2 aromatic rings. The van der Waals surface area contributed by atoms with Crippen LogP contribution < -0.4 is 0 Å². The van der Waals surface area contributed by atoms with Gasteiger partial charge in [0.25, 0.3) is 0 Å². The predicted octanol–water partition coefficient (Wildman–Crippen LogP) is 6.25. The van der Waals surface area contributed by atoms with Gasteiger partial charge in [0.15, 0.2) is 5.82 Å². The summed E-state index contributed by atoms with van der Waals surface area (Å²) in [7, 11) is 0. The predicted molar refractivity (Wildman–Crippen MR) is 106 cm³/mol. The second-order valence-corrected chi connectivity index (χ2v) is 7.70. The number of benzene rings is 1. The van der Waals surface area contributed by atoms with Gasteiger partial charge >= 0.3 is 0 Å². The molecule has 134 valence electrons. The van der Waals surface area contributed by atoms with Crippen molar-refractivity contribution in [2.24, 2.45) is 11.8 Å². The number of aromatic nitrogens is 2. The van der Waals surface area contributed by atoms with Crippen molar-refractivity contribution >= 4 is 0 Å². The molecule has 1 heterocycles. The summed E-state index contributed by atoms with van der Waals surface area (Å²) in [5.74, 6) is 2.78. The van der Waals surface area contributed by atoms with E-state index in [1.807, 2.05) is 12.4 Å². The Bertz CT molecular complexity index is 622. The van der Waals surface area contributed by atoms with Gasteiger partial charge in [-0.1, -0.05) is 76.6 Å². The molecule has 0 spiro atoms. The lowest BCUT2D eigenvalue weighted by atomic mass is 9.78. The fourth-order valence-corrected chi connectivity index (χ4v) is 4.04. The quantitative estimate of drug-likeness (QED) is 0.597. The summed E-state index contributed by atoms with van der Waals surface area (Å²) in [5, 5.41) is 0. The van der Waals surface area contributed by atoms with Gasteiger partial charge in [-0.3, -0.25) is 0 Å². The third kappa shape index (κ3) is 5.14. The summed E-state index contributed by atoms with van der Waals surface area (Å²) < 4.78 is 0. The molecule has 0 radical (unpaired) electrons. The van der Waals surface area contributed by atoms with E-state index in [4.69, 9.17) is 0 Å². The lowest BCUT2D eigenvalue weighted by Crippen LogP contribution is -2.14. The minimum atomic E-state index is 0.837. The van der Waals surface area contributed by atoms with Crippen LogP contribution in [0.1, 0.15) is 69.9 Å². The number of hydrogen-bond donors (Lipinski definition) is 0. The minimum absolute atomic E-state index is 0.837. The van der Waals surface area contributed by atoms with E-state index < -0.39 is 0 Å². The van der Waals surface area contributed by atoms with Gasteiger partial charge in [0.2, 0.25) is 0 Å². The van der Waals surface area contributed by atoms with E-state index in [9.17, 15) is 0 Å². The van der Waals surface area contributed by atoms with Gasteiger partial charge in [-0.2, -0.15) is 0 Å². The Balaban J connectivity index is 1.52. The van der Waals surface area contributed by atoms with Crippen molar-refractivity contribution in [3.8, 4) is 11.4 Å². The largest absolute Gasteiger partial charge is 0.236 e. The van der Waals surface area contributed by atoms with E-state index in [-0.39, 0.29) is 0 Å². The van der Waals surface area contributed by atoms with Crippen molar-refractivity contribution in [2.45, 2.75) is 71.6 Å². The molecular formula is C23H32N2. The number of rotatable bonds is 7. The molecule has 2 heteroatoms. The molecule has 0 atom stereocenters. The van der Waals surface area contributed by atoms with Gasteiger partial charge in [-0.25, -0.2) is 9.97 Å². The zero-order valence-electron chi connectivity index (χ0n) is 15.9. The first-order chi connectivity index (χ1) is 12.3. The maximum absolute atomic E-state index is 4.52. The topological polar surface area (TPSA) is 25.8 Å². The van der Waals surface area contributed by atoms with Gasteiger partial charge in [0.05, 0.1) is 0 Å². The summed E-state index contributed by atoms with van der Waals surface area (Å²) >= 11 is 0. The first-order valence-corrected chi connectivity index (χ1v) is 10.2. The van der Waals surface area contributed by atoms with Crippen LogP contribution in [0.3, 0.4) is 0 Å². The van der Waals surface area contributed by atoms with E-state index in [0.717, 1.165) is 36.1 Å². The van der Waals surface area contributed by atoms with Gasteiger partial charge in [-0.05, 0) is 42.2 Å². The highest BCUT2D eigenvalue weighted by atomic mass is 14.9. The molecule has 1 saturated carbocycles. The normalized spacial score (nSPS) is 20.6. The number of nitrogens with zero attached hydrogens (tertiary/aromatic N) is 2. The first kappa shape index (κ1) is 18.1. The molecule has 1 aromatic heterocycles. The average Bonchev–Trinajstić information content (AvgIpc) is 2.68. The standard InChI is InChI=1S/C23H32N2/c1-3-5-21-16-24-23(25-17-21)22-14-12-20(13-15-22)11-10-19-8-6-18(4-2)7-9-19/h12-19H,3-11H2,1-2H3. The second-order valence-electron chi connectivity index (χ2n) is 7.70. The molecule has 0 unspecified atom stereocenters. The van der Waals surface area contributed by atoms with Crippen molar-refractivity contribution in [3.63, 3.8) is 0 Å².